The molecule has 3 aromatic heterocycles. The van der Waals surface area contributed by atoms with E-state index < -0.39 is 11.5 Å². The number of aromatic hydroxyl groups is 1. The van der Waals surface area contributed by atoms with E-state index in [0.717, 1.165) is 12.8 Å². The molecular weight excluding hydrogens is 425 g/mol. The lowest BCUT2D eigenvalue weighted by atomic mass is 10.2. The molecule has 1 fully saturated rings. The first kappa shape index (κ1) is 19.3. The van der Waals surface area contributed by atoms with Crippen LogP contribution in [0.15, 0.2) is 40.2 Å². The van der Waals surface area contributed by atoms with Gasteiger partial charge in [-0.1, -0.05) is 17.7 Å². The van der Waals surface area contributed by atoms with Crippen molar-refractivity contribution in [1.29, 1.82) is 0 Å². The molecular formula is C20H17ClFN7O2. The summed E-state index contributed by atoms with van der Waals surface area (Å²) in [6, 6.07) is 6.50. The number of benzene rings is 1. The van der Waals surface area contributed by atoms with Gasteiger partial charge < -0.3 is 15.4 Å². The molecule has 158 valence electrons. The third-order valence-electron chi connectivity index (χ3n) is 4.89. The highest BCUT2D eigenvalue weighted by Crippen LogP contribution is 2.23. The molecule has 1 aliphatic rings. The topological polar surface area (TPSA) is 123 Å². The number of hydrogen-bond donors (Lipinski definition) is 4. The number of aromatic nitrogens is 5. The molecule has 0 spiro atoms. The molecule has 0 bridgehead atoms. The number of halogens is 2. The van der Waals surface area contributed by atoms with Gasteiger partial charge in [-0.25, -0.2) is 14.2 Å². The highest BCUT2D eigenvalue weighted by atomic mass is 35.5. The van der Waals surface area contributed by atoms with Crippen LogP contribution in [0.4, 0.5) is 10.2 Å². The molecule has 0 atom stereocenters. The number of hydrogen-bond acceptors (Lipinski definition) is 6. The monoisotopic (exact) mass is 441 g/mol. The molecule has 0 amide bonds. The fraction of sp³-hybridized carbons (Fsp3) is 0.200. The van der Waals surface area contributed by atoms with Crippen LogP contribution in [0.1, 0.15) is 24.1 Å². The zero-order valence-corrected chi connectivity index (χ0v) is 16.8. The predicted molar refractivity (Wildman–Crippen MR) is 112 cm³/mol. The quantitative estimate of drug-likeness (QED) is 0.373. The van der Waals surface area contributed by atoms with Gasteiger partial charge in [0.2, 0.25) is 5.88 Å². The van der Waals surface area contributed by atoms with Crippen LogP contribution in [0.3, 0.4) is 0 Å². The molecule has 4 aromatic rings. The molecule has 0 unspecified atom stereocenters. The van der Waals surface area contributed by atoms with E-state index in [1.54, 1.807) is 35.0 Å². The number of nitrogens with one attached hydrogen (secondary N) is 3. The van der Waals surface area contributed by atoms with Crippen molar-refractivity contribution in [2.24, 2.45) is 4.99 Å². The molecule has 5 rings (SSSR count). The van der Waals surface area contributed by atoms with E-state index >= 15 is 0 Å². The Morgan fingerprint density at radius 3 is 2.94 bits per heavy atom. The first-order chi connectivity index (χ1) is 15.0. The number of aromatic amines is 2. The third-order valence-corrected chi connectivity index (χ3v) is 5.24. The normalized spacial score (nSPS) is 15.2. The lowest BCUT2D eigenvalue weighted by molar-refractivity contribution is 0.454. The molecule has 4 N–H and O–H groups in total. The van der Waals surface area contributed by atoms with Gasteiger partial charge in [-0.2, -0.15) is 9.61 Å². The Balaban J connectivity index is 1.60. The van der Waals surface area contributed by atoms with Crippen LogP contribution >= 0.6 is 11.6 Å². The first-order valence-electron chi connectivity index (χ1n) is 9.60. The Morgan fingerprint density at radius 1 is 1.39 bits per heavy atom. The van der Waals surface area contributed by atoms with Gasteiger partial charge in [0.15, 0.2) is 11.1 Å². The molecule has 0 aliphatic heterocycles. The summed E-state index contributed by atoms with van der Waals surface area (Å²) in [4.78, 5) is 25.4. The Hall–Kier alpha value is -3.66. The van der Waals surface area contributed by atoms with Gasteiger partial charge in [0.25, 0.3) is 0 Å². The summed E-state index contributed by atoms with van der Waals surface area (Å²) in [6.07, 6.45) is 5.14. The second-order valence-corrected chi connectivity index (χ2v) is 7.64. The van der Waals surface area contributed by atoms with Crippen LogP contribution in [0.5, 0.6) is 5.88 Å². The minimum absolute atomic E-state index is 0.136. The number of H-pyrrole nitrogens is 2. The largest absolute Gasteiger partial charge is 0.493 e. The summed E-state index contributed by atoms with van der Waals surface area (Å²) in [6.45, 7) is 0.136. The number of imidazole rings is 1. The maximum Gasteiger partial charge on any atom is 0.326 e. The van der Waals surface area contributed by atoms with Crippen molar-refractivity contribution in [3.63, 3.8) is 0 Å². The molecule has 1 saturated carbocycles. The molecule has 0 radical (unpaired) electrons. The SMILES string of the molecule is O=c1[nH]c(O)c(C=c2cnn3c(=NC4CC4)cc(NCc4c(F)cccc4Cl)nc23)[nH]1. The number of anilines is 1. The van der Waals surface area contributed by atoms with E-state index in [-0.39, 0.29) is 24.2 Å². The summed E-state index contributed by atoms with van der Waals surface area (Å²) >= 11 is 6.12. The van der Waals surface area contributed by atoms with Gasteiger partial charge in [-0.05, 0) is 31.1 Å². The van der Waals surface area contributed by atoms with E-state index in [1.807, 2.05) is 0 Å². The van der Waals surface area contributed by atoms with Gasteiger partial charge in [-0.15, -0.1) is 0 Å². The average Bonchev–Trinajstić information content (AvgIpc) is 3.36. The summed E-state index contributed by atoms with van der Waals surface area (Å²) in [5.74, 6) is -0.224. The van der Waals surface area contributed by atoms with Crippen LogP contribution in [0.2, 0.25) is 5.02 Å². The lowest BCUT2D eigenvalue weighted by Crippen LogP contribution is -2.20. The standard InChI is InChI=1S/C20H17ClFN7O2/c21-13-2-1-3-14(22)12(13)9-23-16-7-17(25-11-4-5-11)29-18(27-16)10(8-24-29)6-15-19(30)28-20(31)26-15/h1-3,6-8,11,23,30H,4-5,9H2,(H2,26,28,31). The highest BCUT2D eigenvalue weighted by Gasteiger charge is 2.20. The maximum absolute atomic E-state index is 14.1. The Morgan fingerprint density at radius 2 is 2.23 bits per heavy atom. The fourth-order valence-corrected chi connectivity index (χ4v) is 3.40. The van der Waals surface area contributed by atoms with Crippen LogP contribution in [0, 0.1) is 5.82 Å². The summed E-state index contributed by atoms with van der Waals surface area (Å²) < 4.78 is 15.7. The first-order valence-corrected chi connectivity index (χ1v) is 9.98. The Labute approximate surface area is 178 Å². The summed E-state index contributed by atoms with van der Waals surface area (Å²) in [5.41, 5.74) is 1.08. The molecule has 3 heterocycles. The second-order valence-electron chi connectivity index (χ2n) is 7.23. The van der Waals surface area contributed by atoms with Crippen LogP contribution in [0.25, 0.3) is 11.7 Å². The molecule has 31 heavy (non-hydrogen) atoms. The van der Waals surface area contributed by atoms with Crippen LogP contribution in [-0.4, -0.2) is 35.7 Å². The van der Waals surface area contributed by atoms with Gasteiger partial charge in [0.05, 0.1) is 12.2 Å². The fourth-order valence-electron chi connectivity index (χ4n) is 3.17. The number of rotatable bonds is 5. The zero-order valence-electron chi connectivity index (χ0n) is 16.1. The van der Waals surface area contributed by atoms with Crippen molar-refractivity contribution >= 4 is 29.1 Å². The Bertz CT molecular complexity index is 1450. The average molecular weight is 442 g/mol. The Kier molecular flexibility index (Phi) is 4.70. The van der Waals surface area contributed by atoms with Gasteiger partial charge in [0.1, 0.15) is 17.3 Å². The van der Waals surface area contributed by atoms with E-state index in [0.29, 0.717) is 32.8 Å². The van der Waals surface area contributed by atoms with Gasteiger partial charge in [-0.3, -0.25) is 9.98 Å². The minimum Gasteiger partial charge on any atom is -0.493 e. The van der Waals surface area contributed by atoms with Crippen LogP contribution < -0.4 is 21.7 Å². The van der Waals surface area contributed by atoms with Crippen molar-refractivity contribution < 1.29 is 9.50 Å². The molecule has 9 nitrogen and oxygen atoms in total. The van der Waals surface area contributed by atoms with Crippen molar-refractivity contribution in [2.45, 2.75) is 25.4 Å². The van der Waals surface area contributed by atoms with Crippen molar-refractivity contribution in [2.75, 3.05) is 5.32 Å². The van der Waals surface area contributed by atoms with Gasteiger partial charge in [0, 0.05) is 28.4 Å². The molecule has 1 aliphatic carbocycles. The predicted octanol–water partition coefficient (Wildman–Crippen LogP) is 1.47. The zero-order chi connectivity index (χ0) is 21.5. The third kappa shape index (κ3) is 3.89. The van der Waals surface area contributed by atoms with E-state index in [9.17, 15) is 14.3 Å². The van der Waals surface area contributed by atoms with E-state index in [1.165, 1.54) is 6.07 Å². The molecule has 11 heteroatoms. The molecule has 1 aromatic carbocycles. The van der Waals surface area contributed by atoms with Crippen molar-refractivity contribution in [3.05, 3.63) is 73.8 Å². The maximum atomic E-state index is 14.1. The minimum atomic E-state index is -0.526. The van der Waals surface area contributed by atoms with Crippen molar-refractivity contribution in [1.82, 2.24) is 24.6 Å². The van der Waals surface area contributed by atoms with E-state index in [4.69, 9.17) is 11.6 Å². The smallest absolute Gasteiger partial charge is 0.326 e. The lowest BCUT2D eigenvalue weighted by Gasteiger charge is -2.09. The highest BCUT2D eigenvalue weighted by molar-refractivity contribution is 6.31. The summed E-state index contributed by atoms with van der Waals surface area (Å²) in [5, 5.41) is 18.2. The molecule has 0 saturated heterocycles. The van der Waals surface area contributed by atoms with E-state index in [2.05, 4.69) is 30.4 Å². The number of nitrogens with zero attached hydrogens (tertiary/aromatic N) is 4. The number of fused-ring (bicyclic) bond motifs is 1. The summed E-state index contributed by atoms with van der Waals surface area (Å²) in [7, 11) is 0. The van der Waals surface area contributed by atoms with Crippen molar-refractivity contribution in [3.8, 4) is 5.88 Å². The van der Waals surface area contributed by atoms with Gasteiger partial charge >= 0.3 is 5.69 Å². The second kappa shape index (κ2) is 7.55. The van der Waals surface area contributed by atoms with Crippen LogP contribution in [-0.2, 0) is 6.54 Å².